The van der Waals surface area contributed by atoms with Gasteiger partial charge in [0.25, 0.3) is 5.91 Å². The molecule has 0 aromatic heterocycles. The highest BCUT2D eigenvalue weighted by atomic mass is 16.5. The van der Waals surface area contributed by atoms with Crippen LogP contribution < -0.4 is 14.8 Å². The van der Waals surface area contributed by atoms with E-state index in [0.29, 0.717) is 23.6 Å². The molecule has 2 rings (SSSR count). The topological polar surface area (TPSA) is 84.9 Å². The van der Waals surface area contributed by atoms with Crippen LogP contribution in [-0.4, -0.2) is 29.7 Å². The van der Waals surface area contributed by atoms with Crippen LogP contribution in [0.15, 0.2) is 42.5 Å². The maximum absolute atomic E-state index is 12.5. The highest BCUT2D eigenvalue weighted by molar-refractivity contribution is 5.95. The van der Waals surface area contributed by atoms with Crippen LogP contribution in [0.4, 0.5) is 5.69 Å². The van der Waals surface area contributed by atoms with Crippen LogP contribution in [0, 0.1) is 13.8 Å². The Balaban J connectivity index is 2.03. The Morgan fingerprint density at radius 2 is 1.88 bits per heavy atom. The third-order valence-corrected chi connectivity index (χ3v) is 3.75. The van der Waals surface area contributed by atoms with E-state index in [9.17, 15) is 9.59 Å². The average molecular weight is 357 g/mol. The quantitative estimate of drug-likeness (QED) is 0.754. The fraction of sp³-hybridized carbons (Fsp3) is 0.300. The highest BCUT2D eigenvalue weighted by Crippen LogP contribution is 2.22. The minimum absolute atomic E-state index is 0.240. The van der Waals surface area contributed by atoms with E-state index < -0.39 is 18.7 Å². The van der Waals surface area contributed by atoms with E-state index in [1.54, 1.807) is 18.2 Å². The number of ether oxygens (including phenoxy) is 2. The van der Waals surface area contributed by atoms with Gasteiger partial charge in [0.1, 0.15) is 11.5 Å². The molecule has 0 aliphatic rings. The Labute approximate surface area is 152 Å². The molecule has 0 radical (unpaired) electrons. The Morgan fingerprint density at radius 3 is 2.50 bits per heavy atom. The molecule has 2 N–H and O–H groups in total. The number of hydrogen-bond acceptors (Lipinski definition) is 4. The Morgan fingerprint density at radius 1 is 1.12 bits per heavy atom. The zero-order valence-corrected chi connectivity index (χ0v) is 15.1. The summed E-state index contributed by atoms with van der Waals surface area (Å²) in [5.74, 6) is -0.192. The van der Waals surface area contributed by atoms with E-state index in [1.807, 2.05) is 45.0 Å². The van der Waals surface area contributed by atoms with Gasteiger partial charge in [-0.1, -0.05) is 19.1 Å². The molecule has 2 aromatic rings. The zero-order valence-electron chi connectivity index (χ0n) is 15.1. The number of carbonyl (C=O) groups excluding carboxylic acids is 1. The van der Waals surface area contributed by atoms with Crippen LogP contribution in [0.1, 0.15) is 24.5 Å². The van der Waals surface area contributed by atoms with Crippen molar-refractivity contribution in [2.24, 2.45) is 0 Å². The molecule has 0 heterocycles. The normalized spacial score (nSPS) is 11.5. The van der Waals surface area contributed by atoms with Gasteiger partial charge in [-0.25, -0.2) is 4.79 Å². The van der Waals surface area contributed by atoms with E-state index in [2.05, 4.69) is 5.32 Å². The molecule has 1 unspecified atom stereocenters. The first-order valence-electron chi connectivity index (χ1n) is 8.38. The van der Waals surface area contributed by atoms with Crippen molar-refractivity contribution in [1.82, 2.24) is 0 Å². The highest BCUT2D eigenvalue weighted by Gasteiger charge is 2.19. The number of nitrogens with one attached hydrogen (secondary N) is 1. The van der Waals surface area contributed by atoms with E-state index in [0.717, 1.165) is 11.1 Å². The maximum atomic E-state index is 12.5. The van der Waals surface area contributed by atoms with Crippen molar-refractivity contribution in [3.05, 3.63) is 53.6 Å². The molecule has 0 aliphatic carbocycles. The van der Waals surface area contributed by atoms with Gasteiger partial charge in [0.2, 0.25) is 0 Å². The van der Waals surface area contributed by atoms with Crippen LogP contribution in [0.5, 0.6) is 11.5 Å². The lowest BCUT2D eigenvalue weighted by Gasteiger charge is -2.18. The van der Waals surface area contributed by atoms with Gasteiger partial charge in [0, 0.05) is 5.69 Å². The SMILES string of the molecule is CCC(Oc1cccc(C)c1)C(=O)Nc1ccc(OCC(=O)O)cc1C. The van der Waals surface area contributed by atoms with Crippen molar-refractivity contribution in [1.29, 1.82) is 0 Å². The first-order valence-corrected chi connectivity index (χ1v) is 8.38. The number of carboxylic acids is 1. The molecule has 0 saturated carbocycles. The van der Waals surface area contributed by atoms with E-state index in [4.69, 9.17) is 14.6 Å². The first kappa shape index (κ1) is 19.3. The van der Waals surface area contributed by atoms with Gasteiger partial charge in [0.15, 0.2) is 12.7 Å². The predicted octanol–water partition coefficient (Wildman–Crippen LogP) is 3.56. The molecule has 6 nitrogen and oxygen atoms in total. The number of benzene rings is 2. The summed E-state index contributed by atoms with van der Waals surface area (Å²) in [5.41, 5.74) is 2.46. The summed E-state index contributed by atoms with van der Waals surface area (Å²) < 4.78 is 10.9. The standard InChI is InChI=1S/C20H23NO5/c1-4-18(26-16-7-5-6-13(2)10-16)20(24)21-17-9-8-15(11-14(17)3)25-12-19(22)23/h5-11,18H,4,12H2,1-3H3,(H,21,24)(H,22,23). The fourth-order valence-corrected chi connectivity index (χ4v) is 2.40. The summed E-state index contributed by atoms with van der Waals surface area (Å²) in [4.78, 5) is 23.1. The summed E-state index contributed by atoms with van der Waals surface area (Å²) in [5, 5.41) is 11.5. The van der Waals surface area contributed by atoms with Crippen molar-refractivity contribution in [3.8, 4) is 11.5 Å². The average Bonchev–Trinajstić information content (AvgIpc) is 2.59. The summed E-state index contributed by atoms with van der Waals surface area (Å²) in [6.07, 6.45) is -0.0855. The molecule has 2 aromatic carbocycles. The number of amides is 1. The zero-order chi connectivity index (χ0) is 19.1. The van der Waals surface area contributed by atoms with Crippen LogP contribution in [-0.2, 0) is 9.59 Å². The van der Waals surface area contributed by atoms with Crippen molar-refractivity contribution in [2.75, 3.05) is 11.9 Å². The number of hydrogen-bond donors (Lipinski definition) is 2. The second-order valence-electron chi connectivity index (χ2n) is 5.98. The minimum Gasteiger partial charge on any atom is -0.482 e. The number of anilines is 1. The summed E-state index contributed by atoms with van der Waals surface area (Å²) in [6.45, 7) is 5.25. The van der Waals surface area contributed by atoms with Crippen LogP contribution in [0.25, 0.3) is 0 Å². The number of aliphatic carboxylic acids is 1. The lowest BCUT2D eigenvalue weighted by molar-refractivity contribution is -0.139. The van der Waals surface area contributed by atoms with Gasteiger partial charge in [-0.15, -0.1) is 0 Å². The summed E-state index contributed by atoms with van der Waals surface area (Å²) in [7, 11) is 0. The van der Waals surface area contributed by atoms with Crippen molar-refractivity contribution >= 4 is 17.6 Å². The van der Waals surface area contributed by atoms with Gasteiger partial charge in [-0.3, -0.25) is 4.79 Å². The van der Waals surface area contributed by atoms with E-state index in [-0.39, 0.29) is 5.91 Å². The van der Waals surface area contributed by atoms with E-state index >= 15 is 0 Å². The molecule has 1 amide bonds. The second-order valence-corrected chi connectivity index (χ2v) is 5.98. The lowest BCUT2D eigenvalue weighted by atomic mass is 10.1. The third-order valence-electron chi connectivity index (χ3n) is 3.75. The molecule has 0 bridgehead atoms. The summed E-state index contributed by atoms with van der Waals surface area (Å²) in [6, 6.07) is 12.5. The third kappa shape index (κ3) is 5.51. The molecule has 138 valence electrons. The summed E-state index contributed by atoms with van der Waals surface area (Å²) >= 11 is 0. The molecule has 0 spiro atoms. The molecule has 0 aliphatic heterocycles. The minimum atomic E-state index is -1.04. The van der Waals surface area contributed by atoms with Crippen molar-refractivity contribution in [2.45, 2.75) is 33.3 Å². The predicted molar refractivity (Wildman–Crippen MR) is 98.8 cm³/mol. The van der Waals surface area contributed by atoms with Crippen molar-refractivity contribution < 1.29 is 24.2 Å². The van der Waals surface area contributed by atoms with Gasteiger partial charge >= 0.3 is 5.97 Å². The monoisotopic (exact) mass is 357 g/mol. The molecule has 1 atom stereocenters. The molecule has 6 heteroatoms. The smallest absolute Gasteiger partial charge is 0.341 e. The molecule has 26 heavy (non-hydrogen) atoms. The van der Waals surface area contributed by atoms with Gasteiger partial charge in [-0.05, 0) is 61.7 Å². The van der Waals surface area contributed by atoms with Crippen LogP contribution >= 0.6 is 0 Å². The molecular formula is C20H23NO5. The Hall–Kier alpha value is -3.02. The molecular weight excluding hydrogens is 334 g/mol. The van der Waals surface area contributed by atoms with Gasteiger partial charge in [-0.2, -0.15) is 0 Å². The Kier molecular flexibility index (Phi) is 6.60. The molecule has 0 fully saturated rings. The van der Waals surface area contributed by atoms with Crippen LogP contribution in [0.3, 0.4) is 0 Å². The van der Waals surface area contributed by atoms with E-state index in [1.165, 1.54) is 0 Å². The Bertz CT molecular complexity index is 788. The number of rotatable bonds is 8. The maximum Gasteiger partial charge on any atom is 0.341 e. The number of carboxylic acid groups (broad SMARTS) is 1. The van der Waals surface area contributed by atoms with Gasteiger partial charge < -0.3 is 19.9 Å². The van der Waals surface area contributed by atoms with Gasteiger partial charge in [0.05, 0.1) is 0 Å². The lowest BCUT2D eigenvalue weighted by Crippen LogP contribution is -2.32. The fourth-order valence-electron chi connectivity index (χ4n) is 2.40. The second kappa shape index (κ2) is 8.89. The molecule has 0 saturated heterocycles. The first-order chi connectivity index (χ1) is 12.4. The van der Waals surface area contributed by atoms with Crippen molar-refractivity contribution in [3.63, 3.8) is 0 Å². The van der Waals surface area contributed by atoms with Crippen LogP contribution in [0.2, 0.25) is 0 Å². The number of carbonyl (C=O) groups is 2. The number of aryl methyl sites for hydroxylation is 2. The largest absolute Gasteiger partial charge is 0.482 e.